The zero-order valence-corrected chi connectivity index (χ0v) is 10.8. The van der Waals surface area contributed by atoms with Crippen LogP contribution in [0.1, 0.15) is 27.2 Å². The number of nitrogens with zero attached hydrogens (tertiary/aromatic N) is 2. The van der Waals surface area contributed by atoms with Crippen molar-refractivity contribution in [1.82, 2.24) is 4.90 Å². The van der Waals surface area contributed by atoms with Crippen molar-refractivity contribution in [3.8, 4) is 0 Å². The molecule has 0 spiro atoms. The van der Waals surface area contributed by atoms with Crippen LogP contribution in [0.25, 0.3) is 0 Å². The zero-order chi connectivity index (χ0) is 12.4. The number of hydrogen-bond donors (Lipinski definition) is 1. The Labute approximate surface area is 98.2 Å². The Morgan fingerprint density at radius 3 is 2.81 bits per heavy atom. The molecular formula is C12H23N3O. The lowest BCUT2D eigenvalue weighted by atomic mass is 9.87. The molecule has 0 aromatic carbocycles. The Kier molecular flexibility index (Phi) is 3.63. The topological polar surface area (TPSA) is 50.8 Å². The quantitative estimate of drug-likeness (QED) is 0.719. The van der Waals surface area contributed by atoms with Crippen molar-refractivity contribution in [2.75, 3.05) is 20.2 Å². The van der Waals surface area contributed by atoms with Crippen LogP contribution < -0.4 is 5.73 Å². The minimum atomic E-state index is -0.172. The summed E-state index contributed by atoms with van der Waals surface area (Å²) in [7, 11) is 1.74. The molecule has 1 aliphatic rings. The van der Waals surface area contributed by atoms with Crippen LogP contribution in [-0.2, 0) is 4.74 Å². The van der Waals surface area contributed by atoms with E-state index in [0.29, 0.717) is 5.96 Å². The molecule has 0 saturated carbocycles. The molecule has 92 valence electrons. The number of aliphatic imine (C=N–C) groups is 1. The highest BCUT2D eigenvalue weighted by Gasteiger charge is 2.41. The number of nitrogens with two attached hydrogens (primary N) is 1. The maximum atomic E-state index is 5.89. The van der Waals surface area contributed by atoms with Crippen molar-refractivity contribution in [3.63, 3.8) is 0 Å². The Morgan fingerprint density at radius 1 is 1.69 bits per heavy atom. The molecule has 1 aliphatic heterocycles. The molecule has 0 saturated heterocycles. The maximum Gasteiger partial charge on any atom is 0.192 e. The Hall–Kier alpha value is -1.03. The molecule has 0 radical (unpaired) electrons. The molecule has 1 atom stereocenters. The average molecular weight is 225 g/mol. The van der Waals surface area contributed by atoms with E-state index in [1.165, 1.54) is 0 Å². The molecule has 1 heterocycles. The van der Waals surface area contributed by atoms with Crippen LogP contribution in [0.2, 0.25) is 0 Å². The normalized spacial score (nSPS) is 25.8. The van der Waals surface area contributed by atoms with Gasteiger partial charge in [-0.05, 0) is 20.8 Å². The van der Waals surface area contributed by atoms with Crippen LogP contribution in [0.15, 0.2) is 17.6 Å². The number of guanidine groups is 1. The second-order valence-electron chi connectivity index (χ2n) is 5.21. The molecule has 4 heteroatoms. The summed E-state index contributed by atoms with van der Waals surface area (Å²) in [5, 5.41) is 0. The van der Waals surface area contributed by atoms with Crippen LogP contribution in [0.4, 0.5) is 0 Å². The molecule has 0 fully saturated rings. The number of ether oxygens (including phenoxy) is 1. The first-order valence-electron chi connectivity index (χ1n) is 5.58. The van der Waals surface area contributed by atoms with Crippen molar-refractivity contribution in [2.24, 2.45) is 10.7 Å². The molecule has 2 N–H and O–H groups in total. The van der Waals surface area contributed by atoms with E-state index in [9.17, 15) is 0 Å². The van der Waals surface area contributed by atoms with Gasteiger partial charge in [-0.3, -0.25) is 4.99 Å². The Bertz CT molecular complexity index is 299. The van der Waals surface area contributed by atoms with Gasteiger partial charge in [-0.15, -0.1) is 6.58 Å². The highest BCUT2D eigenvalue weighted by Crippen LogP contribution is 2.31. The fourth-order valence-corrected chi connectivity index (χ4v) is 2.28. The molecule has 1 rings (SSSR count). The standard InChI is InChI=1S/C12H23N3O/c1-6-7-15-10(13)14-9-12(15,4)8-11(2,3)16-5/h6H,1,7-9H2,2-5H3,(H2,13,14). The van der Waals surface area contributed by atoms with E-state index >= 15 is 0 Å². The summed E-state index contributed by atoms with van der Waals surface area (Å²) >= 11 is 0. The summed E-state index contributed by atoms with van der Waals surface area (Å²) in [4.78, 5) is 6.42. The molecule has 0 aliphatic carbocycles. The van der Waals surface area contributed by atoms with E-state index in [-0.39, 0.29) is 11.1 Å². The third kappa shape index (κ3) is 2.55. The predicted octanol–water partition coefficient (Wildman–Crippen LogP) is 1.38. The molecule has 0 bridgehead atoms. The lowest BCUT2D eigenvalue weighted by Gasteiger charge is -2.40. The second kappa shape index (κ2) is 4.45. The monoisotopic (exact) mass is 225 g/mol. The minimum absolute atomic E-state index is 0.0716. The highest BCUT2D eigenvalue weighted by molar-refractivity contribution is 5.81. The summed E-state index contributed by atoms with van der Waals surface area (Å²) in [5.41, 5.74) is 5.64. The molecular weight excluding hydrogens is 202 g/mol. The largest absolute Gasteiger partial charge is 0.379 e. The molecule has 16 heavy (non-hydrogen) atoms. The second-order valence-corrected chi connectivity index (χ2v) is 5.21. The molecule has 0 aromatic rings. The van der Waals surface area contributed by atoms with E-state index in [1.807, 2.05) is 6.08 Å². The van der Waals surface area contributed by atoms with Crippen LogP contribution in [0.3, 0.4) is 0 Å². The van der Waals surface area contributed by atoms with E-state index < -0.39 is 0 Å². The number of hydrogen-bond acceptors (Lipinski definition) is 4. The van der Waals surface area contributed by atoms with Crippen LogP contribution in [-0.4, -0.2) is 42.2 Å². The summed E-state index contributed by atoms with van der Waals surface area (Å²) in [6.45, 7) is 11.5. The number of rotatable bonds is 5. The zero-order valence-electron chi connectivity index (χ0n) is 10.8. The fraction of sp³-hybridized carbons (Fsp3) is 0.750. The van der Waals surface area contributed by atoms with Gasteiger partial charge >= 0.3 is 0 Å². The van der Waals surface area contributed by atoms with E-state index in [0.717, 1.165) is 19.5 Å². The Morgan fingerprint density at radius 2 is 2.31 bits per heavy atom. The third-order valence-electron chi connectivity index (χ3n) is 3.18. The van der Waals surface area contributed by atoms with Gasteiger partial charge in [0.2, 0.25) is 0 Å². The van der Waals surface area contributed by atoms with Crippen molar-refractivity contribution in [3.05, 3.63) is 12.7 Å². The van der Waals surface area contributed by atoms with Crippen LogP contribution in [0.5, 0.6) is 0 Å². The van der Waals surface area contributed by atoms with Crippen molar-refractivity contribution < 1.29 is 4.74 Å². The summed E-state index contributed by atoms with van der Waals surface area (Å²) in [6.07, 6.45) is 2.74. The van der Waals surface area contributed by atoms with Crippen LogP contribution >= 0.6 is 0 Å². The first-order chi connectivity index (χ1) is 7.34. The SMILES string of the molecule is C=CCN1C(N)=NCC1(C)CC(C)(C)OC. The van der Waals surface area contributed by atoms with E-state index in [1.54, 1.807) is 7.11 Å². The number of methoxy groups -OCH3 is 1. The average Bonchev–Trinajstić information content (AvgIpc) is 2.46. The van der Waals surface area contributed by atoms with Gasteiger partial charge in [0.05, 0.1) is 17.7 Å². The lowest BCUT2D eigenvalue weighted by Crippen LogP contribution is -2.53. The Balaban J connectivity index is 2.81. The summed E-state index contributed by atoms with van der Waals surface area (Å²) in [5.74, 6) is 0.606. The van der Waals surface area contributed by atoms with Gasteiger partial charge in [0.25, 0.3) is 0 Å². The van der Waals surface area contributed by atoms with Gasteiger partial charge in [-0.25, -0.2) is 0 Å². The summed E-state index contributed by atoms with van der Waals surface area (Å²) < 4.78 is 5.48. The van der Waals surface area contributed by atoms with Crippen molar-refractivity contribution in [1.29, 1.82) is 0 Å². The maximum absolute atomic E-state index is 5.89. The fourth-order valence-electron chi connectivity index (χ4n) is 2.28. The predicted molar refractivity (Wildman–Crippen MR) is 67.5 cm³/mol. The first kappa shape index (κ1) is 13.0. The summed E-state index contributed by atoms with van der Waals surface area (Å²) in [6, 6.07) is 0. The van der Waals surface area contributed by atoms with Gasteiger partial charge in [-0.1, -0.05) is 6.08 Å². The van der Waals surface area contributed by atoms with Crippen LogP contribution in [0, 0.1) is 0 Å². The molecule has 0 amide bonds. The van der Waals surface area contributed by atoms with Gasteiger partial charge in [-0.2, -0.15) is 0 Å². The smallest absolute Gasteiger partial charge is 0.192 e. The van der Waals surface area contributed by atoms with Gasteiger partial charge in [0.1, 0.15) is 0 Å². The molecule has 4 nitrogen and oxygen atoms in total. The minimum Gasteiger partial charge on any atom is -0.379 e. The molecule has 1 unspecified atom stereocenters. The highest BCUT2D eigenvalue weighted by atomic mass is 16.5. The van der Waals surface area contributed by atoms with Gasteiger partial charge in [0, 0.05) is 20.1 Å². The van der Waals surface area contributed by atoms with Crippen molar-refractivity contribution >= 4 is 5.96 Å². The first-order valence-corrected chi connectivity index (χ1v) is 5.58. The van der Waals surface area contributed by atoms with E-state index in [4.69, 9.17) is 10.5 Å². The third-order valence-corrected chi connectivity index (χ3v) is 3.18. The van der Waals surface area contributed by atoms with Gasteiger partial charge < -0.3 is 15.4 Å². The van der Waals surface area contributed by atoms with E-state index in [2.05, 4.69) is 37.2 Å². The molecule has 0 aromatic heterocycles. The van der Waals surface area contributed by atoms with Crippen molar-refractivity contribution in [2.45, 2.75) is 38.3 Å². The lowest BCUT2D eigenvalue weighted by molar-refractivity contribution is -0.0158. The van der Waals surface area contributed by atoms with Gasteiger partial charge in [0.15, 0.2) is 5.96 Å².